The Kier molecular flexibility index (Phi) is 3.59. The summed E-state index contributed by atoms with van der Waals surface area (Å²) < 4.78 is 17.5. The summed E-state index contributed by atoms with van der Waals surface area (Å²) in [6.45, 7) is 5.86. The highest BCUT2D eigenvalue weighted by molar-refractivity contribution is 7.86. The Labute approximate surface area is 110 Å². The van der Waals surface area contributed by atoms with Crippen molar-refractivity contribution in [1.29, 1.82) is 0 Å². The lowest BCUT2D eigenvalue weighted by atomic mass is 10.2. The predicted octanol–water partition coefficient (Wildman–Crippen LogP) is 2.98. The van der Waals surface area contributed by atoms with E-state index in [1.807, 2.05) is 51.1 Å². The third kappa shape index (κ3) is 2.82. The summed E-state index contributed by atoms with van der Waals surface area (Å²) in [5.41, 5.74) is 6.89. The molecule has 0 aliphatic heterocycles. The van der Waals surface area contributed by atoms with Crippen molar-refractivity contribution in [3.8, 4) is 0 Å². The number of hydrogen-bond acceptors (Lipinski definition) is 3. The zero-order chi connectivity index (χ0) is 13.3. The molecule has 98 valence electrons. The van der Waals surface area contributed by atoms with Gasteiger partial charge in [-0.2, -0.15) is 0 Å². The van der Waals surface area contributed by atoms with Crippen LogP contribution in [0.5, 0.6) is 0 Å². The maximum atomic E-state index is 12.1. The number of hydrogen-bond donors (Lipinski definition) is 1. The SMILES string of the molecule is CC(C)(C)S(=O)CC(N)c1cc2ccccc2o1. The standard InChI is InChI=1S/C14H19NO2S/c1-14(2,3)18(16)9-11(15)13-8-10-6-4-5-7-12(10)17-13/h4-8,11H,9,15H2,1-3H3. The highest BCUT2D eigenvalue weighted by Crippen LogP contribution is 2.24. The van der Waals surface area contributed by atoms with Crippen LogP contribution < -0.4 is 5.73 Å². The van der Waals surface area contributed by atoms with Crippen molar-refractivity contribution in [3.63, 3.8) is 0 Å². The van der Waals surface area contributed by atoms with Crippen molar-refractivity contribution in [2.24, 2.45) is 5.73 Å². The predicted molar refractivity (Wildman–Crippen MR) is 75.9 cm³/mol. The van der Waals surface area contributed by atoms with Gasteiger partial charge >= 0.3 is 0 Å². The number of rotatable bonds is 3. The Morgan fingerprint density at radius 1 is 1.33 bits per heavy atom. The molecule has 18 heavy (non-hydrogen) atoms. The van der Waals surface area contributed by atoms with Gasteiger partial charge in [0.1, 0.15) is 11.3 Å². The topological polar surface area (TPSA) is 56.2 Å². The molecule has 1 aromatic carbocycles. The molecule has 0 fully saturated rings. The summed E-state index contributed by atoms with van der Waals surface area (Å²) in [7, 11) is -0.975. The van der Waals surface area contributed by atoms with E-state index in [-0.39, 0.29) is 10.8 Å². The van der Waals surface area contributed by atoms with Gasteiger partial charge in [0.25, 0.3) is 0 Å². The number of furan rings is 1. The fraction of sp³-hybridized carbons (Fsp3) is 0.429. The molecule has 0 aliphatic carbocycles. The van der Waals surface area contributed by atoms with E-state index in [0.29, 0.717) is 11.5 Å². The van der Waals surface area contributed by atoms with E-state index in [2.05, 4.69) is 0 Å². The van der Waals surface area contributed by atoms with Gasteiger partial charge < -0.3 is 10.2 Å². The minimum Gasteiger partial charge on any atom is -0.459 e. The van der Waals surface area contributed by atoms with Crippen LogP contribution in [0.2, 0.25) is 0 Å². The minimum atomic E-state index is -0.975. The van der Waals surface area contributed by atoms with E-state index in [0.717, 1.165) is 11.0 Å². The van der Waals surface area contributed by atoms with Crippen molar-refractivity contribution in [3.05, 3.63) is 36.1 Å². The van der Waals surface area contributed by atoms with Gasteiger partial charge in [0, 0.05) is 26.7 Å². The number of nitrogens with two attached hydrogens (primary N) is 1. The van der Waals surface area contributed by atoms with Crippen LogP contribution in [0.1, 0.15) is 32.6 Å². The van der Waals surface area contributed by atoms with Crippen molar-refractivity contribution < 1.29 is 8.63 Å². The summed E-state index contributed by atoms with van der Waals surface area (Å²) in [6.07, 6.45) is 0. The molecule has 0 saturated heterocycles. The molecular formula is C14H19NO2S. The lowest BCUT2D eigenvalue weighted by Gasteiger charge is -2.19. The number of benzene rings is 1. The van der Waals surface area contributed by atoms with Gasteiger partial charge in [-0.3, -0.25) is 4.21 Å². The second-order valence-corrected chi connectivity index (χ2v) is 7.67. The Morgan fingerprint density at radius 3 is 2.61 bits per heavy atom. The van der Waals surface area contributed by atoms with Crippen molar-refractivity contribution in [2.45, 2.75) is 31.6 Å². The van der Waals surface area contributed by atoms with Crippen LogP contribution in [0, 0.1) is 0 Å². The lowest BCUT2D eigenvalue weighted by Crippen LogP contribution is -2.29. The molecule has 2 N–H and O–H groups in total. The van der Waals surface area contributed by atoms with Crippen LogP contribution in [0.3, 0.4) is 0 Å². The summed E-state index contributed by atoms with van der Waals surface area (Å²) in [6, 6.07) is 9.38. The lowest BCUT2D eigenvalue weighted by molar-refractivity contribution is 0.512. The van der Waals surface area contributed by atoms with Crippen LogP contribution in [0.4, 0.5) is 0 Å². The first kappa shape index (κ1) is 13.3. The van der Waals surface area contributed by atoms with Gasteiger partial charge in [-0.15, -0.1) is 0 Å². The molecule has 4 heteroatoms. The maximum Gasteiger partial charge on any atom is 0.134 e. The molecule has 0 radical (unpaired) electrons. The molecule has 2 rings (SSSR count). The average Bonchev–Trinajstić information content (AvgIpc) is 2.71. The monoisotopic (exact) mass is 265 g/mol. The van der Waals surface area contributed by atoms with E-state index >= 15 is 0 Å². The quantitative estimate of drug-likeness (QED) is 0.928. The van der Waals surface area contributed by atoms with Gasteiger partial charge in [0.15, 0.2) is 0 Å². The number of fused-ring (bicyclic) bond motifs is 1. The summed E-state index contributed by atoms with van der Waals surface area (Å²) in [5, 5.41) is 1.03. The zero-order valence-electron chi connectivity index (χ0n) is 11.0. The highest BCUT2D eigenvalue weighted by Gasteiger charge is 2.23. The van der Waals surface area contributed by atoms with Crippen LogP contribution in [-0.4, -0.2) is 14.7 Å². The van der Waals surface area contributed by atoms with Crippen LogP contribution >= 0.6 is 0 Å². The van der Waals surface area contributed by atoms with E-state index in [9.17, 15) is 4.21 Å². The minimum absolute atomic E-state index is 0.246. The van der Waals surface area contributed by atoms with E-state index in [1.165, 1.54) is 0 Å². The summed E-state index contributed by atoms with van der Waals surface area (Å²) in [4.78, 5) is 0. The highest BCUT2D eigenvalue weighted by atomic mass is 32.2. The van der Waals surface area contributed by atoms with Gasteiger partial charge in [0.2, 0.25) is 0 Å². The Hall–Kier alpha value is -1.13. The van der Waals surface area contributed by atoms with Gasteiger partial charge in [-0.1, -0.05) is 18.2 Å². The molecule has 0 aliphatic rings. The molecule has 0 bridgehead atoms. The molecular weight excluding hydrogens is 246 g/mol. The molecule has 1 heterocycles. The van der Waals surface area contributed by atoms with Gasteiger partial charge in [0.05, 0.1) is 6.04 Å². The molecule has 2 atom stereocenters. The average molecular weight is 265 g/mol. The number of para-hydroxylation sites is 1. The Balaban J connectivity index is 2.18. The van der Waals surface area contributed by atoms with Crippen LogP contribution in [0.15, 0.2) is 34.7 Å². The van der Waals surface area contributed by atoms with Crippen LogP contribution in [-0.2, 0) is 10.8 Å². The van der Waals surface area contributed by atoms with E-state index < -0.39 is 10.8 Å². The fourth-order valence-corrected chi connectivity index (χ4v) is 2.67. The molecule has 0 amide bonds. The molecule has 2 aromatic rings. The molecule has 3 nitrogen and oxygen atoms in total. The van der Waals surface area contributed by atoms with Crippen LogP contribution in [0.25, 0.3) is 11.0 Å². The molecule has 0 saturated carbocycles. The molecule has 0 spiro atoms. The third-order valence-corrected chi connectivity index (χ3v) is 4.85. The van der Waals surface area contributed by atoms with Gasteiger partial charge in [-0.25, -0.2) is 0 Å². The smallest absolute Gasteiger partial charge is 0.134 e. The van der Waals surface area contributed by atoms with Crippen molar-refractivity contribution in [2.75, 3.05) is 5.75 Å². The first-order valence-electron chi connectivity index (χ1n) is 6.00. The Bertz CT molecular complexity index is 535. The van der Waals surface area contributed by atoms with E-state index in [1.54, 1.807) is 0 Å². The van der Waals surface area contributed by atoms with Crippen molar-refractivity contribution in [1.82, 2.24) is 0 Å². The second kappa shape index (κ2) is 4.86. The normalized spacial score (nSPS) is 15.8. The Morgan fingerprint density at radius 2 is 2.00 bits per heavy atom. The zero-order valence-corrected chi connectivity index (χ0v) is 11.8. The maximum absolute atomic E-state index is 12.1. The summed E-state index contributed by atoms with van der Waals surface area (Å²) >= 11 is 0. The largest absolute Gasteiger partial charge is 0.459 e. The fourth-order valence-electron chi connectivity index (χ4n) is 1.68. The first-order valence-corrected chi connectivity index (χ1v) is 7.32. The summed E-state index contributed by atoms with van der Waals surface area (Å²) in [5.74, 6) is 1.12. The van der Waals surface area contributed by atoms with Gasteiger partial charge in [-0.05, 0) is 32.9 Å². The second-order valence-electron chi connectivity index (χ2n) is 5.42. The first-order chi connectivity index (χ1) is 8.38. The van der Waals surface area contributed by atoms with Crippen molar-refractivity contribution >= 4 is 21.8 Å². The van der Waals surface area contributed by atoms with E-state index in [4.69, 9.17) is 10.2 Å². The molecule has 1 aromatic heterocycles. The molecule has 2 unspecified atom stereocenters. The third-order valence-electron chi connectivity index (χ3n) is 2.82.